The molecule has 0 unspecified atom stereocenters. The van der Waals surface area contributed by atoms with Crippen LogP contribution in [0.4, 0.5) is 0 Å². The van der Waals surface area contributed by atoms with Crippen molar-refractivity contribution in [2.75, 3.05) is 6.61 Å². The molecule has 0 spiro atoms. The standard InChI is InChI=1S/C11H20O/c1-10(7-8-12)9-11-5-3-2-4-6-11/h9,11-12H,2-8H2,1H3/b10-9+. The minimum absolute atomic E-state index is 0.301. The third kappa shape index (κ3) is 3.40. The van der Waals surface area contributed by atoms with Gasteiger partial charge in [-0.3, -0.25) is 0 Å². The summed E-state index contributed by atoms with van der Waals surface area (Å²) in [5, 5.41) is 8.73. The average Bonchev–Trinajstić information content (AvgIpc) is 2.06. The van der Waals surface area contributed by atoms with E-state index in [0.29, 0.717) is 6.61 Å². The van der Waals surface area contributed by atoms with Crippen molar-refractivity contribution in [1.29, 1.82) is 0 Å². The second-order valence-electron chi connectivity index (χ2n) is 3.88. The maximum absolute atomic E-state index is 8.73. The van der Waals surface area contributed by atoms with Gasteiger partial charge in [0.1, 0.15) is 0 Å². The molecule has 1 N–H and O–H groups in total. The summed E-state index contributed by atoms with van der Waals surface area (Å²) >= 11 is 0. The molecule has 0 aromatic rings. The molecule has 1 aliphatic carbocycles. The highest BCUT2D eigenvalue weighted by Gasteiger charge is 2.10. The van der Waals surface area contributed by atoms with Crippen LogP contribution in [0, 0.1) is 5.92 Å². The van der Waals surface area contributed by atoms with E-state index in [1.165, 1.54) is 37.7 Å². The van der Waals surface area contributed by atoms with Crippen LogP contribution in [-0.2, 0) is 0 Å². The monoisotopic (exact) mass is 168 g/mol. The number of hydrogen-bond donors (Lipinski definition) is 1. The fraction of sp³-hybridized carbons (Fsp3) is 0.818. The lowest BCUT2D eigenvalue weighted by atomic mass is 9.88. The van der Waals surface area contributed by atoms with Gasteiger partial charge in [0.05, 0.1) is 0 Å². The number of aliphatic hydroxyl groups excluding tert-OH is 1. The van der Waals surface area contributed by atoms with E-state index >= 15 is 0 Å². The average molecular weight is 168 g/mol. The van der Waals surface area contributed by atoms with Crippen LogP contribution in [0.15, 0.2) is 11.6 Å². The molecule has 0 aromatic carbocycles. The fourth-order valence-electron chi connectivity index (χ4n) is 1.96. The molecule has 70 valence electrons. The molecule has 1 saturated carbocycles. The maximum Gasteiger partial charge on any atom is 0.0468 e. The second-order valence-corrected chi connectivity index (χ2v) is 3.88. The highest BCUT2D eigenvalue weighted by molar-refractivity contribution is 5.01. The first-order valence-electron chi connectivity index (χ1n) is 5.11. The van der Waals surface area contributed by atoms with E-state index in [9.17, 15) is 0 Å². The summed E-state index contributed by atoms with van der Waals surface area (Å²) in [6.07, 6.45) is 10.2. The van der Waals surface area contributed by atoms with E-state index in [-0.39, 0.29) is 0 Å². The number of rotatable bonds is 3. The van der Waals surface area contributed by atoms with Crippen molar-refractivity contribution in [3.05, 3.63) is 11.6 Å². The van der Waals surface area contributed by atoms with Gasteiger partial charge in [-0.2, -0.15) is 0 Å². The molecule has 0 amide bonds. The van der Waals surface area contributed by atoms with Crippen LogP contribution in [0.3, 0.4) is 0 Å². The van der Waals surface area contributed by atoms with Gasteiger partial charge >= 0.3 is 0 Å². The van der Waals surface area contributed by atoms with Crippen molar-refractivity contribution >= 4 is 0 Å². The molecule has 0 atom stereocenters. The molecule has 1 rings (SSSR count). The molecule has 0 bridgehead atoms. The van der Waals surface area contributed by atoms with Crippen molar-refractivity contribution in [2.45, 2.75) is 45.4 Å². The summed E-state index contributed by atoms with van der Waals surface area (Å²) in [6, 6.07) is 0. The van der Waals surface area contributed by atoms with Crippen molar-refractivity contribution in [3.63, 3.8) is 0 Å². The maximum atomic E-state index is 8.73. The van der Waals surface area contributed by atoms with Crippen LogP contribution >= 0.6 is 0 Å². The zero-order valence-electron chi connectivity index (χ0n) is 8.05. The SMILES string of the molecule is C/C(=C\C1CCCCC1)CCO. The van der Waals surface area contributed by atoms with E-state index < -0.39 is 0 Å². The van der Waals surface area contributed by atoms with Crippen LogP contribution in [-0.4, -0.2) is 11.7 Å². The second kappa shape index (κ2) is 5.36. The highest BCUT2D eigenvalue weighted by atomic mass is 16.2. The zero-order valence-corrected chi connectivity index (χ0v) is 8.05. The normalized spacial score (nSPS) is 21.3. The van der Waals surface area contributed by atoms with Crippen LogP contribution in [0.1, 0.15) is 45.4 Å². The van der Waals surface area contributed by atoms with Crippen LogP contribution in [0.5, 0.6) is 0 Å². The summed E-state index contributed by atoms with van der Waals surface area (Å²) in [5.41, 5.74) is 1.37. The summed E-state index contributed by atoms with van der Waals surface area (Å²) in [4.78, 5) is 0. The Labute approximate surface area is 75.5 Å². The lowest BCUT2D eigenvalue weighted by Crippen LogP contribution is -2.03. The molecule has 1 nitrogen and oxygen atoms in total. The molecule has 0 aromatic heterocycles. The summed E-state index contributed by atoms with van der Waals surface area (Å²) in [7, 11) is 0. The van der Waals surface area contributed by atoms with Gasteiger partial charge in [0.25, 0.3) is 0 Å². The van der Waals surface area contributed by atoms with Gasteiger partial charge < -0.3 is 5.11 Å². The lowest BCUT2D eigenvalue weighted by molar-refractivity contribution is 0.298. The van der Waals surface area contributed by atoms with Gasteiger partial charge in [0.15, 0.2) is 0 Å². The first-order valence-corrected chi connectivity index (χ1v) is 5.11. The van der Waals surface area contributed by atoms with Crippen LogP contribution in [0.2, 0.25) is 0 Å². The fourth-order valence-corrected chi connectivity index (χ4v) is 1.96. The van der Waals surface area contributed by atoms with E-state index in [0.717, 1.165) is 12.3 Å². The Morgan fingerprint density at radius 1 is 1.33 bits per heavy atom. The Kier molecular flexibility index (Phi) is 4.37. The smallest absolute Gasteiger partial charge is 0.0468 e. The number of aliphatic hydroxyl groups is 1. The third-order valence-electron chi connectivity index (χ3n) is 2.68. The summed E-state index contributed by atoms with van der Waals surface area (Å²) < 4.78 is 0. The Morgan fingerprint density at radius 3 is 2.58 bits per heavy atom. The molecule has 0 aliphatic heterocycles. The van der Waals surface area contributed by atoms with Gasteiger partial charge in [0.2, 0.25) is 0 Å². The third-order valence-corrected chi connectivity index (χ3v) is 2.68. The first-order chi connectivity index (χ1) is 5.83. The van der Waals surface area contributed by atoms with Gasteiger partial charge in [-0.05, 0) is 32.1 Å². The van der Waals surface area contributed by atoms with Gasteiger partial charge in [0, 0.05) is 6.61 Å². The van der Waals surface area contributed by atoms with Gasteiger partial charge in [-0.15, -0.1) is 0 Å². The van der Waals surface area contributed by atoms with E-state index in [4.69, 9.17) is 5.11 Å². The lowest BCUT2D eigenvalue weighted by Gasteiger charge is -2.18. The van der Waals surface area contributed by atoms with E-state index in [1.807, 2.05) is 0 Å². The van der Waals surface area contributed by atoms with Crippen LogP contribution in [0.25, 0.3) is 0 Å². The molecule has 0 heterocycles. The largest absolute Gasteiger partial charge is 0.396 e. The molecule has 0 radical (unpaired) electrons. The van der Waals surface area contributed by atoms with Gasteiger partial charge in [-0.25, -0.2) is 0 Å². The zero-order chi connectivity index (χ0) is 8.81. The Hall–Kier alpha value is -0.300. The van der Waals surface area contributed by atoms with Crippen molar-refractivity contribution in [3.8, 4) is 0 Å². The van der Waals surface area contributed by atoms with E-state index in [1.54, 1.807) is 0 Å². The molecular formula is C11H20O. The van der Waals surface area contributed by atoms with Crippen molar-refractivity contribution in [2.24, 2.45) is 5.92 Å². The van der Waals surface area contributed by atoms with E-state index in [2.05, 4.69) is 13.0 Å². The molecular weight excluding hydrogens is 148 g/mol. The highest BCUT2D eigenvalue weighted by Crippen LogP contribution is 2.25. The predicted molar refractivity (Wildman–Crippen MR) is 52.0 cm³/mol. The topological polar surface area (TPSA) is 20.2 Å². The Balaban J connectivity index is 2.31. The Morgan fingerprint density at radius 2 is 2.00 bits per heavy atom. The predicted octanol–water partition coefficient (Wildman–Crippen LogP) is 2.90. The first kappa shape index (κ1) is 9.79. The minimum atomic E-state index is 0.301. The molecule has 1 fully saturated rings. The Bertz CT molecular complexity index is 143. The quantitative estimate of drug-likeness (QED) is 0.642. The molecule has 1 heteroatoms. The number of hydrogen-bond acceptors (Lipinski definition) is 1. The molecule has 12 heavy (non-hydrogen) atoms. The summed E-state index contributed by atoms with van der Waals surface area (Å²) in [5.74, 6) is 0.810. The van der Waals surface area contributed by atoms with Crippen LogP contribution < -0.4 is 0 Å². The van der Waals surface area contributed by atoms with Crippen molar-refractivity contribution < 1.29 is 5.11 Å². The number of allylic oxidation sites excluding steroid dienone is 1. The minimum Gasteiger partial charge on any atom is -0.396 e. The molecule has 1 aliphatic rings. The molecule has 0 saturated heterocycles. The van der Waals surface area contributed by atoms with Crippen molar-refractivity contribution in [1.82, 2.24) is 0 Å². The van der Waals surface area contributed by atoms with Gasteiger partial charge in [-0.1, -0.05) is 30.9 Å². The summed E-state index contributed by atoms with van der Waals surface area (Å²) in [6.45, 7) is 2.43.